The van der Waals surface area contributed by atoms with Crippen LogP contribution in [0.4, 0.5) is 5.69 Å². The van der Waals surface area contributed by atoms with E-state index in [4.69, 9.17) is 9.47 Å². The lowest BCUT2D eigenvalue weighted by molar-refractivity contribution is -0.126. The molecule has 1 aliphatic carbocycles. The van der Waals surface area contributed by atoms with Crippen LogP contribution in [0.5, 0.6) is 5.75 Å². The van der Waals surface area contributed by atoms with Crippen LogP contribution in [0.25, 0.3) is 0 Å². The molecular formula is C22H31N3O6S. The number of carbonyl (C=O) groups excluding carboxylic acids is 2. The Balaban J connectivity index is 1.54. The molecule has 3 atom stereocenters. The zero-order valence-electron chi connectivity index (χ0n) is 18.6. The Morgan fingerprint density at radius 3 is 2.69 bits per heavy atom. The fraction of sp³-hybridized carbons (Fsp3) is 0.636. The molecule has 1 N–H and O–H groups in total. The summed E-state index contributed by atoms with van der Waals surface area (Å²) in [6.07, 6.45) is 3.15. The van der Waals surface area contributed by atoms with Crippen LogP contribution in [0.15, 0.2) is 23.1 Å². The lowest BCUT2D eigenvalue weighted by Gasteiger charge is -2.35. The maximum absolute atomic E-state index is 13.1. The zero-order valence-corrected chi connectivity index (χ0v) is 19.4. The smallest absolute Gasteiger partial charge is 0.265 e. The van der Waals surface area contributed by atoms with Crippen molar-refractivity contribution in [3.8, 4) is 5.75 Å². The van der Waals surface area contributed by atoms with Crippen LogP contribution in [0.1, 0.15) is 33.1 Å². The lowest BCUT2D eigenvalue weighted by atomic mass is 9.78. The molecule has 2 fully saturated rings. The average Bonchev–Trinajstić information content (AvgIpc) is 2.79. The molecule has 32 heavy (non-hydrogen) atoms. The lowest BCUT2D eigenvalue weighted by Crippen LogP contribution is -2.50. The minimum absolute atomic E-state index is 0.0663. The molecule has 4 rings (SSSR count). The zero-order chi connectivity index (χ0) is 22.9. The minimum Gasteiger partial charge on any atom is -0.482 e. The van der Waals surface area contributed by atoms with Crippen molar-refractivity contribution < 1.29 is 27.5 Å². The number of anilines is 1. The van der Waals surface area contributed by atoms with Crippen molar-refractivity contribution in [2.75, 3.05) is 44.4 Å². The molecule has 9 nitrogen and oxygen atoms in total. The van der Waals surface area contributed by atoms with E-state index in [9.17, 15) is 18.0 Å². The molecule has 1 saturated heterocycles. The van der Waals surface area contributed by atoms with Crippen LogP contribution in [-0.4, -0.2) is 70.0 Å². The second-order valence-electron chi connectivity index (χ2n) is 8.86. The molecule has 1 aromatic carbocycles. The molecule has 2 aliphatic heterocycles. The molecule has 0 radical (unpaired) electrons. The van der Waals surface area contributed by atoms with Gasteiger partial charge < -0.3 is 14.8 Å². The van der Waals surface area contributed by atoms with Crippen LogP contribution in [0.2, 0.25) is 0 Å². The van der Waals surface area contributed by atoms with Gasteiger partial charge in [0, 0.05) is 19.1 Å². The molecular weight excluding hydrogens is 434 g/mol. The van der Waals surface area contributed by atoms with Crippen LogP contribution in [0, 0.1) is 11.8 Å². The third kappa shape index (κ3) is 4.62. The van der Waals surface area contributed by atoms with Gasteiger partial charge in [-0.2, -0.15) is 4.31 Å². The summed E-state index contributed by atoms with van der Waals surface area (Å²) in [5.74, 6) is 0.661. The number of amides is 2. The van der Waals surface area contributed by atoms with E-state index in [1.54, 1.807) is 6.07 Å². The summed E-state index contributed by atoms with van der Waals surface area (Å²) in [6.45, 7) is 5.22. The number of morpholine rings is 1. The molecule has 1 aromatic rings. The Hall–Kier alpha value is -2.17. The first-order valence-corrected chi connectivity index (χ1v) is 12.7. The molecule has 2 amide bonds. The highest BCUT2D eigenvalue weighted by molar-refractivity contribution is 7.89. The van der Waals surface area contributed by atoms with Crippen LogP contribution >= 0.6 is 0 Å². The second kappa shape index (κ2) is 9.36. The normalized spacial score (nSPS) is 26.9. The summed E-state index contributed by atoms with van der Waals surface area (Å²) >= 11 is 0. The molecule has 2 heterocycles. The summed E-state index contributed by atoms with van der Waals surface area (Å²) in [5.41, 5.74) is 0.302. The predicted octanol–water partition coefficient (Wildman–Crippen LogP) is 1.37. The van der Waals surface area contributed by atoms with Gasteiger partial charge in [-0.15, -0.1) is 0 Å². The van der Waals surface area contributed by atoms with Gasteiger partial charge in [-0.25, -0.2) is 8.42 Å². The number of hydrogen-bond acceptors (Lipinski definition) is 6. The first kappa shape index (κ1) is 23.0. The van der Waals surface area contributed by atoms with E-state index >= 15 is 0 Å². The fourth-order valence-corrected chi connectivity index (χ4v) is 6.06. The maximum Gasteiger partial charge on any atom is 0.265 e. The number of ether oxygens (including phenoxy) is 2. The van der Waals surface area contributed by atoms with Gasteiger partial charge in [0.25, 0.3) is 5.91 Å². The number of benzene rings is 1. The van der Waals surface area contributed by atoms with E-state index in [2.05, 4.69) is 19.2 Å². The quantitative estimate of drug-likeness (QED) is 0.704. The van der Waals surface area contributed by atoms with Crippen LogP contribution in [-0.2, 0) is 24.3 Å². The van der Waals surface area contributed by atoms with E-state index in [-0.39, 0.29) is 49.0 Å². The largest absolute Gasteiger partial charge is 0.482 e. The number of carbonyl (C=O) groups is 2. The number of nitrogens with zero attached hydrogens (tertiary/aromatic N) is 2. The fourth-order valence-electron chi connectivity index (χ4n) is 4.63. The van der Waals surface area contributed by atoms with E-state index in [1.807, 2.05) is 0 Å². The van der Waals surface area contributed by atoms with Gasteiger partial charge in [0.1, 0.15) is 12.3 Å². The molecule has 0 spiro atoms. The predicted molar refractivity (Wildman–Crippen MR) is 118 cm³/mol. The van der Waals surface area contributed by atoms with Gasteiger partial charge in [-0.3, -0.25) is 14.5 Å². The number of hydrogen-bond donors (Lipinski definition) is 1. The molecule has 3 aliphatic rings. The van der Waals surface area contributed by atoms with Crippen molar-refractivity contribution in [3.63, 3.8) is 0 Å². The van der Waals surface area contributed by atoms with Crippen LogP contribution < -0.4 is 15.0 Å². The number of fused-ring (bicyclic) bond motifs is 1. The molecule has 10 heteroatoms. The molecule has 3 unspecified atom stereocenters. The molecule has 0 aromatic heterocycles. The SMILES string of the molecule is CC1CCCC(NC(=O)CN2C(=O)COc3ccc(S(=O)(=O)N4CCOCC4)cc32)C1C. The van der Waals surface area contributed by atoms with Crippen molar-refractivity contribution in [2.24, 2.45) is 11.8 Å². The highest BCUT2D eigenvalue weighted by Gasteiger charge is 2.33. The molecule has 1 saturated carbocycles. The van der Waals surface area contributed by atoms with Gasteiger partial charge in [0.2, 0.25) is 15.9 Å². The first-order chi connectivity index (χ1) is 15.3. The summed E-state index contributed by atoms with van der Waals surface area (Å²) in [4.78, 5) is 26.8. The van der Waals surface area contributed by atoms with Crippen molar-refractivity contribution in [1.82, 2.24) is 9.62 Å². The summed E-state index contributed by atoms with van der Waals surface area (Å²) in [5, 5.41) is 3.08. The Bertz CT molecular complexity index is 976. The van der Waals surface area contributed by atoms with Crippen molar-refractivity contribution >= 4 is 27.5 Å². The van der Waals surface area contributed by atoms with Gasteiger partial charge in [0.15, 0.2) is 6.61 Å². The third-order valence-corrected chi connectivity index (χ3v) is 8.73. The highest BCUT2D eigenvalue weighted by Crippen LogP contribution is 2.35. The van der Waals surface area contributed by atoms with Gasteiger partial charge >= 0.3 is 0 Å². The second-order valence-corrected chi connectivity index (χ2v) is 10.8. The Kier molecular flexibility index (Phi) is 6.73. The van der Waals surface area contributed by atoms with E-state index in [0.717, 1.165) is 19.3 Å². The Morgan fingerprint density at radius 2 is 1.94 bits per heavy atom. The van der Waals surface area contributed by atoms with Crippen molar-refractivity contribution in [2.45, 2.75) is 44.0 Å². The Morgan fingerprint density at radius 1 is 1.19 bits per heavy atom. The van der Waals surface area contributed by atoms with Crippen molar-refractivity contribution in [1.29, 1.82) is 0 Å². The first-order valence-electron chi connectivity index (χ1n) is 11.2. The Labute approximate surface area is 189 Å². The number of sulfonamides is 1. The summed E-state index contributed by atoms with van der Waals surface area (Å²) in [6, 6.07) is 4.53. The van der Waals surface area contributed by atoms with Crippen LogP contribution in [0.3, 0.4) is 0 Å². The van der Waals surface area contributed by atoms with Gasteiger partial charge in [-0.1, -0.05) is 26.7 Å². The number of rotatable bonds is 5. The highest BCUT2D eigenvalue weighted by atomic mass is 32.2. The molecule has 0 bridgehead atoms. The van der Waals surface area contributed by atoms with E-state index in [0.29, 0.717) is 36.5 Å². The monoisotopic (exact) mass is 465 g/mol. The van der Waals surface area contributed by atoms with Gasteiger partial charge in [0.05, 0.1) is 23.8 Å². The third-order valence-electron chi connectivity index (χ3n) is 6.84. The van der Waals surface area contributed by atoms with E-state index < -0.39 is 10.0 Å². The standard InChI is InChI=1S/C22H31N3O6S/c1-15-4-3-5-18(16(15)2)23-21(26)13-25-19-12-17(6-7-20(19)31-14-22(25)27)32(28,29)24-8-10-30-11-9-24/h6-7,12,15-16,18H,3-5,8-11,13-14H2,1-2H3,(H,23,26). The summed E-state index contributed by atoms with van der Waals surface area (Å²) < 4.78 is 38.2. The molecule has 176 valence electrons. The van der Waals surface area contributed by atoms with E-state index in [1.165, 1.54) is 21.3 Å². The minimum atomic E-state index is -3.74. The average molecular weight is 466 g/mol. The maximum atomic E-state index is 13.1. The van der Waals surface area contributed by atoms with Crippen molar-refractivity contribution in [3.05, 3.63) is 18.2 Å². The topological polar surface area (TPSA) is 105 Å². The number of nitrogens with one attached hydrogen (secondary N) is 1. The van der Waals surface area contributed by atoms with Gasteiger partial charge in [-0.05, 0) is 36.5 Å². The summed E-state index contributed by atoms with van der Waals surface area (Å²) in [7, 11) is -3.74.